The Morgan fingerprint density at radius 1 is 0.895 bits per heavy atom. The van der Waals surface area contributed by atoms with Crippen LogP contribution in [0.15, 0.2) is 54.7 Å². The largest absolute Gasteiger partial charge is 0.459 e. The first-order chi connectivity index (χ1) is 35.9. The van der Waals surface area contributed by atoms with Gasteiger partial charge in [-0.15, -0.1) is 5.10 Å². The average Bonchev–Trinajstić information content (AvgIpc) is 4.04. The smallest absolute Gasteiger partial charge is 0.311 e. The molecule has 426 valence electrons. The predicted molar refractivity (Wildman–Crippen MR) is 289 cm³/mol. The predicted octanol–water partition coefficient (Wildman–Crippen LogP) is 5.57. The molecule has 3 saturated heterocycles. The zero-order chi connectivity index (χ0) is 55.4. The Bertz CT molecular complexity index is 2320. The van der Waals surface area contributed by atoms with Gasteiger partial charge in [-0.3, -0.25) is 14.4 Å². The first kappa shape index (κ1) is 60.0. The molecule has 0 radical (unpaired) electrons. The Kier molecular flexibility index (Phi) is 19.9. The van der Waals surface area contributed by atoms with Crippen LogP contribution in [-0.2, 0) is 52.7 Å². The van der Waals surface area contributed by atoms with Crippen LogP contribution < -0.4 is 4.90 Å². The molecule has 1 aromatic heterocycles. The van der Waals surface area contributed by atoms with Crippen LogP contribution in [0.1, 0.15) is 119 Å². The molecule has 18 heteroatoms. The quantitative estimate of drug-likeness (QED) is 0.0929. The van der Waals surface area contributed by atoms with E-state index in [9.17, 15) is 30.3 Å². The van der Waals surface area contributed by atoms with Crippen LogP contribution in [0.5, 0.6) is 0 Å². The van der Waals surface area contributed by atoms with Crippen molar-refractivity contribution in [2.24, 2.45) is 17.8 Å². The minimum absolute atomic E-state index is 0.109. The van der Waals surface area contributed by atoms with Crippen LogP contribution in [0.25, 0.3) is 11.3 Å². The van der Waals surface area contributed by atoms with Crippen molar-refractivity contribution in [1.29, 1.82) is 0 Å². The second kappa shape index (κ2) is 25.2. The van der Waals surface area contributed by atoms with Gasteiger partial charge in [-0.1, -0.05) is 68.4 Å². The molecule has 0 amide bonds. The van der Waals surface area contributed by atoms with E-state index < -0.39 is 102 Å². The molecule has 76 heavy (non-hydrogen) atoms. The van der Waals surface area contributed by atoms with Gasteiger partial charge in [0.05, 0.1) is 47.7 Å². The number of fused-ring (bicyclic) bond motifs is 1. The number of aliphatic hydroxyl groups excluding tert-OH is 3. The van der Waals surface area contributed by atoms with Crippen molar-refractivity contribution in [3.63, 3.8) is 0 Å². The van der Waals surface area contributed by atoms with E-state index >= 15 is 0 Å². The van der Waals surface area contributed by atoms with Crippen LogP contribution in [-0.4, -0.2) is 187 Å². The van der Waals surface area contributed by atoms with Crippen molar-refractivity contribution >= 4 is 11.7 Å². The summed E-state index contributed by atoms with van der Waals surface area (Å²) in [6.07, 6.45) is -3.74. The summed E-state index contributed by atoms with van der Waals surface area (Å²) in [5.74, 6) is -2.75. The lowest BCUT2D eigenvalue weighted by molar-refractivity contribution is -0.318. The number of benzene rings is 2. The molecular formula is C58H92N6O12. The second-order valence-corrected chi connectivity index (χ2v) is 23.8. The van der Waals surface area contributed by atoms with E-state index in [2.05, 4.69) is 68.6 Å². The number of hydrogen-bond donors (Lipinski definition) is 5. The molecule has 2 aromatic carbocycles. The fourth-order valence-electron chi connectivity index (χ4n) is 12.6. The van der Waals surface area contributed by atoms with Crippen molar-refractivity contribution in [2.75, 3.05) is 45.7 Å². The summed E-state index contributed by atoms with van der Waals surface area (Å²) in [5, 5.41) is 68.9. The molecule has 3 aromatic rings. The minimum Gasteiger partial charge on any atom is -0.459 e. The van der Waals surface area contributed by atoms with Crippen LogP contribution in [0.4, 0.5) is 5.69 Å². The number of carbonyl (C=O) groups excluding carboxylic acids is 1. The zero-order valence-corrected chi connectivity index (χ0v) is 47.6. The lowest BCUT2D eigenvalue weighted by Crippen LogP contribution is -2.60. The summed E-state index contributed by atoms with van der Waals surface area (Å²) in [5.41, 5.74) is 1.08. The lowest BCUT2D eigenvalue weighted by atomic mass is 9.77. The molecule has 18 atom stereocenters. The van der Waals surface area contributed by atoms with Crippen LogP contribution in [0.3, 0.4) is 0 Å². The van der Waals surface area contributed by atoms with Crippen molar-refractivity contribution in [3.8, 4) is 11.3 Å². The third-order valence-electron chi connectivity index (χ3n) is 17.4. The second-order valence-electron chi connectivity index (χ2n) is 23.8. The van der Waals surface area contributed by atoms with Crippen molar-refractivity contribution in [1.82, 2.24) is 24.8 Å². The Balaban J connectivity index is 1.08. The van der Waals surface area contributed by atoms with Gasteiger partial charge in [0.2, 0.25) is 0 Å². The van der Waals surface area contributed by atoms with E-state index in [1.807, 2.05) is 57.6 Å². The maximum absolute atomic E-state index is 14.5. The summed E-state index contributed by atoms with van der Waals surface area (Å²) in [4.78, 5) is 21.0. The molecule has 4 aliphatic rings. The molecule has 0 bridgehead atoms. The summed E-state index contributed by atoms with van der Waals surface area (Å²) in [6.45, 7) is 21.5. The van der Waals surface area contributed by atoms with Crippen LogP contribution in [0, 0.1) is 17.8 Å². The molecule has 4 aliphatic heterocycles. The van der Waals surface area contributed by atoms with Gasteiger partial charge in [0.25, 0.3) is 0 Å². The first-order valence-electron chi connectivity index (χ1n) is 28.0. The highest BCUT2D eigenvalue weighted by Gasteiger charge is 2.53. The molecule has 0 aliphatic carbocycles. The highest BCUT2D eigenvalue weighted by Crippen LogP contribution is 2.41. The Hall–Kier alpha value is -3.63. The molecule has 5 heterocycles. The van der Waals surface area contributed by atoms with Crippen molar-refractivity contribution in [3.05, 3.63) is 65.9 Å². The summed E-state index contributed by atoms with van der Waals surface area (Å²) < 4.78 is 40.4. The highest BCUT2D eigenvalue weighted by atomic mass is 16.7. The number of hydrogen-bond acceptors (Lipinski definition) is 17. The van der Waals surface area contributed by atoms with E-state index in [0.29, 0.717) is 19.5 Å². The first-order valence-corrected chi connectivity index (χ1v) is 28.0. The number of aliphatic hydroxyl groups is 5. The number of unbranched alkanes of at least 4 members (excludes halogenated alkanes) is 1. The molecule has 0 unspecified atom stereocenters. The van der Waals surface area contributed by atoms with Gasteiger partial charge >= 0.3 is 5.97 Å². The summed E-state index contributed by atoms with van der Waals surface area (Å²) in [6, 6.07) is 15.9. The number of rotatable bonds is 15. The molecule has 7 rings (SSSR count). The number of aryl methyl sites for hydroxylation is 1. The van der Waals surface area contributed by atoms with Gasteiger partial charge in [0, 0.05) is 75.5 Å². The van der Waals surface area contributed by atoms with E-state index in [4.69, 9.17) is 28.4 Å². The third kappa shape index (κ3) is 13.7. The Morgan fingerprint density at radius 2 is 1.59 bits per heavy atom. The standard InChI is InChI=1S/C58H92N6O12/c1-14-47-58(10,70)51(66)39(6)61(11)32-35(2)30-56(8,69)53(37(4)50(38(5)54(68)74-47)75-48-31-57(9,71-13)52(67)40(7)73-48)76-55-49(65)46(29-36(3)72-55)62(12)33-41-21-23-42(24-22-41)44-34-64(60-59-44)27-18-17-26-63-28-25-43-19-15-16-20-45(43)63/h15-16,19-24,34-40,46-53,55,65-67,69-70H,14,17-18,25-33H2,1-13H3/t35-,36-,37+,38-,39-,40+,46+,47-,48+,49-,50+,51-,52+,53-,55+,56-,57-,58-/m1/s1. The van der Waals surface area contributed by atoms with Crippen LogP contribution >= 0.6 is 0 Å². The summed E-state index contributed by atoms with van der Waals surface area (Å²) >= 11 is 0. The molecule has 3 fully saturated rings. The number of aromatic nitrogens is 3. The molecule has 0 saturated carbocycles. The zero-order valence-electron chi connectivity index (χ0n) is 47.6. The number of likely N-dealkylation sites (N-methyl/N-ethyl adjacent to an activating group) is 2. The maximum atomic E-state index is 14.5. The monoisotopic (exact) mass is 1060 g/mol. The van der Waals surface area contributed by atoms with Gasteiger partial charge in [-0.05, 0) is 124 Å². The van der Waals surface area contributed by atoms with Gasteiger partial charge in [-0.25, -0.2) is 0 Å². The van der Waals surface area contributed by atoms with Gasteiger partial charge < -0.3 is 63.8 Å². The fraction of sp³-hybridized carbons (Fsp3) is 0.741. The summed E-state index contributed by atoms with van der Waals surface area (Å²) in [7, 11) is 5.33. The lowest BCUT2D eigenvalue weighted by Gasteiger charge is -2.49. The number of anilines is 1. The SMILES string of the molecule is CC[C@H]1OC(=O)[C@H](C)[C@@H](O[C@H]2C[C@@](C)(OC)[C@@H](O)[C@H](C)O2)[C@H](C)[C@@H](O[C@@H]2O[C@H](C)C[C@H](N(C)Cc3ccc(-c4cn(CCCCN5CCc6ccccc65)nn4)cc3)[C@H]2O)[C@](C)(O)C[C@@H](C)CN(C)[C@H](C)[C@@H](O)[C@]1(C)O. The fourth-order valence-corrected chi connectivity index (χ4v) is 12.6. The number of methoxy groups -OCH3 is 1. The van der Waals surface area contributed by atoms with Crippen LogP contribution in [0.2, 0.25) is 0 Å². The van der Waals surface area contributed by atoms with Gasteiger partial charge in [0.1, 0.15) is 35.7 Å². The van der Waals surface area contributed by atoms with E-state index in [0.717, 1.165) is 55.7 Å². The number of esters is 1. The minimum atomic E-state index is -1.83. The van der Waals surface area contributed by atoms with E-state index in [-0.39, 0.29) is 31.3 Å². The van der Waals surface area contributed by atoms with Gasteiger partial charge in [0.15, 0.2) is 12.6 Å². The van der Waals surface area contributed by atoms with Gasteiger partial charge in [-0.2, -0.15) is 0 Å². The number of ether oxygens (including phenoxy) is 6. The normalized spacial score (nSPS) is 38.4. The van der Waals surface area contributed by atoms with Crippen molar-refractivity contribution < 1.29 is 58.7 Å². The number of nitrogens with zero attached hydrogens (tertiary/aromatic N) is 6. The average molecular weight is 1070 g/mol. The number of cyclic esters (lactones) is 1. The third-order valence-corrected chi connectivity index (χ3v) is 17.4. The highest BCUT2D eigenvalue weighted by molar-refractivity contribution is 5.73. The molecular weight excluding hydrogens is 973 g/mol. The number of para-hydroxylation sites is 1. The van der Waals surface area contributed by atoms with E-state index in [1.165, 1.54) is 25.3 Å². The number of carbonyl (C=O) groups is 1. The van der Waals surface area contributed by atoms with Crippen molar-refractivity contribution in [2.45, 2.75) is 218 Å². The molecule has 0 spiro atoms. The molecule has 5 N–H and O–H groups in total. The molecule has 18 nitrogen and oxygen atoms in total. The maximum Gasteiger partial charge on any atom is 0.311 e. The Labute approximate surface area is 451 Å². The van der Waals surface area contributed by atoms with E-state index in [1.54, 1.807) is 34.6 Å². The Morgan fingerprint density at radius 3 is 2.29 bits per heavy atom. The topological polar surface area (TPSA) is 214 Å².